The molecule has 0 bridgehead atoms. The molecule has 0 amide bonds. The van der Waals surface area contributed by atoms with Gasteiger partial charge in [0.15, 0.2) is 5.16 Å². The van der Waals surface area contributed by atoms with E-state index < -0.39 is 0 Å². The van der Waals surface area contributed by atoms with Crippen molar-refractivity contribution < 1.29 is 9.13 Å². The summed E-state index contributed by atoms with van der Waals surface area (Å²) in [6.45, 7) is 1.22. The lowest BCUT2D eigenvalue weighted by atomic mass is 10.2. The summed E-state index contributed by atoms with van der Waals surface area (Å²) in [5.41, 5.74) is 1.77. The maximum Gasteiger partial charge on any atom is 0.272 e. The third kappa shape index (κ3) is 3.13. The Morgan fingerprint density at radius 2 is 2.11 bits per heavy atom. The van der Waals surface area contributed by atoms with Crippen LogP contribution in [0.2, 0.25) is 0 Å². The van der Waals surface area contributed by atoms with Gasteiger partial charge < -0.3 is 4.74 Å². The van der Waals surface area contributed by atoms with Crippen molar-refractivity contribution in [3.05, 3.63) is 57.4 Å². The summed E-state index contributed by atoms with van der Waals surface area (Å²) >= 11 is 2.94. The predicted molar refractivity (Wildman–Crippen MR) is 108 cm³/mol. The molecular formula is C19H17FN4O2S2. The van der Waals surface area contributed by atoms with Crippen molar-refractivity contribution in [2.24, 2.45) is 0 Å². The van der Waals surface area contributed by atoms with E-state index in [-0.39, 0.29) is 17.5 Å². The third-order valence-electron chi connectivity index (χ3n) is 4.87. The number of benzene rings is 1. The lowest BCUT2D eigenvalue weighted by molar-refractivity contribution is 0.0969. The van der Waals surface area contributed by atoms with E-state index in [1.165, 1.54) is 35.2 Å². The minimum absolute atomic E-state index is 0.0333. The summed E-state index contributed by atoms with van der Waals surface area (Å²) in [7, 11) is 0. The SMILES string of the molecule is O=c1c2sccc2n2c(SCc3ccc(F)cc3)nnc2n1C[C@@H]1CCCO1. The van der Waals surface area contributed by atoms with Crippen LogP contribution in [0.15, 0.2) is 45.7 Å². The second-order valence-corrected chi connectivity index (χ2v) is 8.58. The lowest BCUT2D eigenvalue weighted by Crippen LogP contribution is -2.28. The number of aromatic nitrogens is 4. The molecule has 1 aromatic carbocycles. The van der Waals surface area contributed by atoms with Crippen molar-refractivity contribution in [3.63, 3.8) is 0 Å². The second kappa shape index (κ2) is 7.31. The van der Waals surface area contributed by atoms with Gasteiger partial charge in [0.1, 0.15) is 10.5 Å². The zero-order chi connectivity index (χ0) is 19.1. The maximum absolute atomic E-state index is 13.1. The molecule has 6 nitrogen and oxygen atoms in total. The average Bonchev–Trinajstić information content (AvgIpc) is 3.44. The van der Waals surface area contributed by atoms with E-state index in [0.29, 0.717) is 27.9 Å². The molecule has 4 aromatic rings. The van der Waals surface area contributed by atoms with Crippen LogP contribution >= 0.6 is 23.1 Å². The van der Waals surface area contributed by atoms with Crippen LogP contribution in [-0.2, 0) is 17.0 Å². The zero-order valence-corrected chi connectivity index (χ0v) is 16.5. The van der Waals surface area contributed by atoms with Crippen molar-refractivity contribution in [3.8, 4) is 0 Å². The van der Waals surface area contributed by atoms with Gasteiger partial charge in [-0.2, -0.15) is 0 Å². The van der Waals surface area contributed by atoms with Crippen LogP contribution in [0.25, 0.3) is 16.0 Å². The van der Waals surface area contributed by atoms with E-state index in [0.717, 1.165) is 30.5 Å². The number of fused-ring (bicyclic) bond motifs is 3. The number of ether oxygens (including phenoxy) is 1. The smallest absolute Gasteiger partial charge is 0.272 e. The quantitative estimate of drug-likeness (QED) is 0.464. The molecule has 1 aliphatic rings. The largest absolute Gasteiger partial charge is 0.376 e. The lowest BCUT2D eigenvalue weighted by Gasteiger charge is -2.13. The third-order valence-corrected chi connectivity index (χ3v) is 6.77. The van der Waals surface area contributed by atoms with Gasteiger partial charge in [0.25, 0.3) is 5.56 Å². The van der Waals surface area contributed by atoms with Gasteiger partial charge in [0, 0.05) is 12.4 Å². The summed E-state index contributed by atoms with van der Waals surface area (Å²) < 4.78 is 23.2. The van der Waals surface area contributed by atoms with E-state index in [4.69, 9.17) is 4.74 Å². The number of rotatable bonds is 5. The number of thioether (sulfide) groups is 1. The van der Waals surface area contributed by atoms with Gasteiger partial charge in [0.2, 0.25) is 5.78 Å². The summed E-state index contributed by atoms with van der Waals surface area (Å²) in [6, 6.07) is 8.36. The first kappa shape index (κ1) is 17.8. The molecule has 1 fully saturated rings. The molecule has 0 radical (unpaired) electrons. The van der Waals surface area contributed by atoms with Crippen molar-refractivity contribution in [1.29, 1.82) is 0 Å². The minimum atomic E-state index is -0.250. The van der Waals surface area contributed by atoms with Crippen molar-refractivity contribution in [1.82, 2.24) is 19.2 Å². The van der Waals surface area contributed by atoms with Crippen LogP contribution in [0.3, 0.4) is 0 Å². The van der Waals surface area contributed by atoms with E-state index in [2.05, 4.69) is 10.2 Å². The van der Waals surface area contributed by atoms with E-state index in [1.54, 1.807) is 16.7 Å². The average molecular weight is 417 g/mol. The Hall–Kier alpha value is -2.23. The predicted octanol–water partition coefficient (Wildman–Crippen LogP) is 3.72. The maximum atomic E-state index is 13.1. The van der Waals surface area contributed by atoms with Crippen molar-refractivity contribution >= 4 is 39.1 Å². The monoisotopic (exact) mass is 416 g/mol. The highest BCUT2D eigenvalue weighted by molar-refractivity contribution is 7.98. The Labute approximate surface area is 168 Å². The molecule has 1 saturated heterocycles. The van der Waals surface area contributed by atoms with Crippen LogP contribution < -0.4 is 5.56 Å². The Morgan fingerprint density at radius 1 is 1.25 bits per heavy atom. The molecule has 1 aliphatic heterocycles. The normalized spacial score (nSPS) is 17.1. The Bertz CT molecular complexity index is 1190. The van der Waals surface area contributed by atoms with E-state index in [1.807, 2.05) is 15.8 Å². The second-order valence-electron chi connectivity index (χ2n) is 6.72. The molecule has 0 unspecified atom stereocenters. The molecule has 1 atom stereocenters. The number of hydrogen-bond donors (Lipinski definition) is 0. The highest BCUT2D eigenvalue weighted by Gasteiger charge is 2.22. The first-order valence-electron chi connectivity index (χ1n) is 9.05. The van der Waals surface area contributed by atoms with Gasteiger partial charge in [-0.3, -0.25) is 13.8 Å². The molecule has 9 heteroatoms. The zero-order valence-electron chi connectivity index (χ0n) is 14.9. The summed E-state index contributed by atoms with van der Waals surface area (Å²) in [4.78, 5) is 13.0. The van der Waals surface area contributed by atoms with Crippen LogP contribution in [-0.4, -0.2) is 31.9 Å². The molecule has 144 valence electrons. The first-order valence-corrected chi connectivity index (χ1v) is 10.9. The van der Waals surface area contributed by atoms with Gasteiger partial charge in [0.05, 0.1) is 18.2 Å². The fourth-order valence-electron chi connectivity index (χ4n) is 3.48. The highest BCUT2D eigenvalue weighted by Crippen LogP contribution is 2.27. The van der Waals surface area contributed by atoms with Crippen molar-refractivity contribution in [2.45, 2.75) is 36.4 Å². The van der Waals surface area contributed by atoms with Gasteiger partial charge in [-0.15, -0.1) is 21.5 Å². The minimum Gasteiger partial charge on any atom is -0.376 e. The summed E-state index contributed by atoms with van der Waals surface area (Å²) in [6.07, 6.45) is 2.00. The van der Waals surface area contributed by atoms with E-state index >= 15 is 0 Å². The molecule has 0 N–H and O–H groups in total. The summed E-state index contributed by atoms with van der Waals surface area (Å²) in [5.74, 6) is 0.921. The van der Waals surface area contributed by atoms with Crippen molar-refractivity contribution in [2.75, 3.05) is 6.61 Å². The van der Waals surface area contributed by atoms with Crippen LogP contribution in [0.4, 0.5) is 4.39 Å². The molecule has 0 saturated carbocycles. The number of halogens is 1. The first-order chi connectivity index (χ1) is 13.7. The van der Waals surface area contributed by atoms with Crippen LogP contribution in [0.1, 0.15) is 18.4 Å². The number of thiophene rings is 1. The fraction of sp³-hybridized carbons (Fsp3) is 0.316. The molecule has 0 aliphatic carbocycles. The molecule has 28 heavy (non-hydrogen) atoms. The van der Waals surface area contributed by atoms with Gasteiger partial charge in [-0.25, -0.2) is 4.39 Å². The Morgan fingerprint density at radius 3 is 2.89 bits per heavy atom. The molecule has 0 spiro atoms. The van der Waals surface area contributed by atoms with E-state index in [9.17, 15) is 9.18 Å². The number of hydrogen-bond acceptors (Lipinski definition) is 6. The highest BCUT2D eigenvalue weighted by atomic mass is 32.2. The molecular weight excluding hydrogens is 399 g/mol. The topological polar surface area (TPSA) is 61.4 Å². The number of nitrogens with zero attached hydrogens (tertiary/aromatic N) is 4. The van der Waals surface area contributed by atoms with Gasteiger partial charge >= 0.3 is 0 Å². The van der Waals surface area contributed by atoms with Crippen LogP contribution in [0.5, 0.6) is 0 Å². The molecule has 4 heterocycles. The van der Waals surface area contributed by atoms with Gasteiger partial charge in [-0.1, -0.05) is 23.9 Å². The Balaban J connectivity index is 1.56. The molecule has 3 aromatic heterocycles. The fourth-order valence-corrected chi connectivity index (χ4v) is 5.20. The Kier molecular flexibility index (Phi) is 4.65. The van der Waals surface area contributed by atoms with Crippen LogP contribution in [0, 0.1) is 5.82 Å². The van der Waals surface area contributed by atoms with Gasteiger partial charge in [-0.05, 0) is 42.0 Å². The standard InChI is InChI=1S/C19H17FN4O2S2/c20-13-5-3-12(4-6-13)11-28-19-22-21-18-23(10-14-2-1-8-26-14)17(25)16-15(24(18)19)7-9-27-16/h3-7,9,14H,1-2,8,10-11H2/t14-/m0/s1. The molecule has 5 rings (SSSR count). The summed E-state index contributed by atoms with van der Waals surface area (Å²) in [5, 5.41) is 11.3.